The Kier molecular flexibility index (Phi) is 6.12. The number of H-pyrrole nitrogens is 1. The summed E-state index contributed by atoms with van der Waals surface area (Å²) < 4.78 is 11.3. The first kappa shape index (κ1) is 23.1. The summed E-state index contributed by atoms with van der Waals surface area (Å²) >= 11 is 0. The number of fused-ring (bicyclic) bond motifs is 1. The number of nitrogens with one attached hydrogen (secondary N) is 1. The molecule has 2 N–H and O–H groups in total. The van der Waals surface area contributed by atoms with E-state index < -0.39 is 17.7 Å². The quantitative estimate of drug-likeness (QED) is 0.227. The van der Waals surface area contributed by atoms with Gasteiger partial charge < -0.3 is 19.6 Å². The Labute approximate surface area is 207 Å². The molecule has 0 radical (unpaired) electrons. The van der Waals surface area contributed by atoms with Gasteiger partial charge in [-0.1, -0.05) is 18.2 Å². The zero-order valence-electron chi connectivity index (χ0n) is 19.8. The van der Waals surface area contributed by atoms with Crippen molar-refractivity contribution in [1.29, 1.82) is 0 Å². The van der Waals surface area contributed by atoms with Crippen molar-refractivity contribution in [1.82, 2.24) is 15.0 Å². The lowest BCUT2D eigenvalue weighted by Crippen LogP contribution is -2.30. The van der Waals surface area contributed by atoms with Crippen LogP contribution in [0.25, 0.3) is 16.8 Å². The van der Waals surface area contributed by atoms with E-state index in [4.69, 9.17) is 9.47 Å². The first-order chi connectivity index (χ1) is 17.5. The molecule has 1 aliphatic heterocycles. The van der Waals surface area contributed by atoms with Gasteiger partial charge in [0.05, 0.1) is 41.1 Å². The fourth-order valence-corrected chi connectivity index (χ4v) is 4.30. The molecule has 0 spiro atoms. The zero-order chi connectivity index (χ0) is 25.2. The summed E-state index contributed by atoms with van der Waals surface area (Å²) in [6.45, 7) is 4.46. The standard InChI is InChI=1S/C27H24N4O5/c1-3-35-16-12-13-17(21(15-16)36-4-2)24(32)22-23(20-11-7-8-14-28-20)31(26(34)25(22)33)27-29-18-9-5-6-10-19(18)30-27/h5-15,23,32H,3-4H2,1-2H3,(H,29,30)/b24-22+. The molecule has 2 aromatic heterocycles. The van der Waals surface area contributed by atoms with Crippen LogP contribution in [0.4, 0.5) is 5.95 Å². The number of nitrogens with zero attached hydrogens (tertiary/aromatic N) is 3. The van der Waals surface area contributed by atoms with Crippen LogP contribution in [0.2, 0.25) is 0 Å². The second-order valence-corrected chi connectivity index (χ2v) is 8.03. The van der Waals surface area contributed by atoms with Gasteiger partial charge in [-0.05, 0) is 50.2 Å². The molecule has 9 nitrogen and oxygen atoms in total. The van der Waals surface area contributed by atoms with E-state index in [0.29, 0.717) is 41.4 Å². The zero-order valence-corrected chi connectivity index (χ0v) is 19.8. The molecule has 1 atom stereocenters. The van der Waals surface area contributed by atoms with Gasteiger partial charge in [-0.2, -0.15) is 0 Å². The molecule has 36 heavy (non-hydrogen) atoms. The number of hydrogen-bond acceptors (Lipinski definition) is 7. The minimum atomic E-state index is -1.01. The lowest BCUT2D eigenvalue weighted by molar-refractivity contribution is -0.132. The van der Waals surface area contributed by atoms with Gasteiger partial charge in [0.15, 0.2) is 0 Å². The first-order valence-corrected chi connectivity index (χ1v) is 11.6. The number of rotatable bonds is 7. The SMILES string of the molecule is CCOc1ccc(/C(O)=C2\C(=O)C(=O)N(c3nc4ccccc4[nH]3)C2c2ccccn2)c(OCC)c1. The van der Waals surface area contributed by atoms with E-state index in [-0.39, 0.29) is 22.8 Å². The van der Waals surface area contributed by atoms with Gasteiger partial charge in [-0.25, -0.2) is 4.98 Å². The molecule has 1 amide bonds. The number of pyridine rings is 1. The molecule has 1 aliphatic rings. The normalized spacial score (nSPS) is 17.1. The number of carbonyl (C=O) groups excluding carboxylic acids is 2. The summed E-state index contributed by atoms with van der Waals surface area (Å²) in [6, 6.07) is 16.4. The van der Waals surface area contributed by atoms with E-state index in [1.807, 2.05) is 32.0 Å². The van der Waals surface area contributed by atoms with E-state index in [9.17, 15) is 14.7 Å². The number of amides is 1. The molecule has 1 unspecified atom stereocenters. The van der Waals surface area contributed by atoms with Crippen LogP contribution in [0.15, 0.2) is 72.4 Å². The number of imidazole rings is 1. The minimum Gasteiger partial charge on any atom is -0.507 e. The van der Waals surface area contributed by atoms with E-state index in [2.05, 4.69) is 15.0 Å². The third-order valence-electron chi connectivity index (χ3n) is 5.84. The number of aliphatic hydroxyl groups excluding tert-OH is 1. The average molecular weight is 485 g/mol. The van der Waals surface area contributed by atoms with Gasteiger partial charge in [0.25, 0.3) is 5.78 Å². The highest BCUT2D eigenvalue weighted by molar-refractivity contribution is 6.51. The monoisotopic (exact) mass is 484 g/mol. The summed E-state index contributed by atoms with van der Waals surface area (Å²) in [4.78, 5) is 40.0. The third kappa shape index (κ3) is 3.94. The number of aromatic nitrogens is 3. The number of ketones is 1. The fraction of sp³-hybridized carbons (Fsp3) is 0.185. The van der Waals surface area contributed by atoms with Crippen LogP contribution in [0.5, 0.6) is 11.5 Å². The molecule has 0 bridgehead atoms. The maximum Gasteiger partial charge on any atom is 0.302 e. The molecule has 0 saturated carbocycles. The minimum absolute atomic E-state index is 0.107. The lowest BCUT2D eigenvalue weighted by atomic mass is 9.98. The van der Waals surface area contributed by atoms with Gasteiger partial charge in [-0.3, -0.25) is 19.5 Å². The Balaban J connectivity index is 1.71. The number of Topliss-reactive ketones (excluding diaryl/α,β-unsaturated/α-hetero) is 1. The summed E-state index contributed by atoms with van der Waals surface area (Å²) in [7, 11) is 0. The van der Waals surface area contributed by atoms with E-state index in [0.717, 1.165) is 0 Å². The van der Waals surface area contributed by atoms with Crippen molar-refractivity contribution < 1.29 is 24.2 Å². The molecule has 0 aliphatic carbocycles. The largest absolute Gasteiger partial charge is 0.507 e. The Bertz CT molecular complexity index is 1450. The second-order valence-electron chi connectivity index (χ2n) is 8.03. The number of aromatic amines is 1. The topological polar surface area (TPSA) is 118 Å². The average Bonchev–Trinajstić information content (AvgIpc) is 3.43. The molecule has 9 heteroatoms. The van der Waals surface area contributed by atoms with Gasteiger partial charge in [0.2, 0.25) is 5.95 Å². The van der Waals surface area contributed by atoms with Crippen molar-refractivity contribution in [2.24, 2.45) is 0 Å². The van der Waals surface area contributed by atoms with Crippen molar-refractivity contribution in [3.8, 4) is 11.5 Å². The predicted molar refractivity (Wildman–Crippen MR) is 134 cm³/mol. The Hall–Kier alpha value is -4.66. The summed E-state index contributed by atoms with van der Waals surface area (Å²) in [5.74, 6) is -0.967. The Morgan fingerprint density at radius 1 is 1.03 bits per heavy atom. The fourth-order valence-electron chi connectivity index (χ4n) is 4.30. The van der Waals surface area contributed by atoms with E-state index in [1.54, 1.807) is 48.7 Å². The van der Waals surface area contributed by atoms with E-state index >= 15 is 0 Å². The molecule has 3 heterocycles. The number of aliphatic hydroxyl groups is 1. The summed E-state index contributed by atoms with van der Waals surface area (Å²) in [6.07, 6.45) is 1.57. The first-order valence-electron chi connectivity index (χ1n) is 11.6. The molecule has 1 saturated heterocycles. The maximum absolute atomic E-state index is 13.4. The van der Waals surface area contributed by atoms with Crippen LogP contribution in [0, 0.1) is 0 Å². The van der Waals surface area contributed by atoms with E-state index in [1.165, 1.54) is 4.90 Å². The van der Waals surface area contributed by atoms with Gasteiger partial charge in [0.1, 0.15) is 23.3 Å². The second kappa shape index (κ2) is 9.53. The van der Waals surface area contributed by atoms with Crippen molar-refractivity contribution in [2.75, 3.05) is 18.1 Å². The highest BCUT2D eigenvalue weighted by atomic mass is 16.5. The summed E-state index contributed by atoms with van der Waals surface area (Å²) in [5, 5.41) is 11.5. The molecule has 1 fully saturated rings. The number of benzene rings is 2. The smallest absolute Gasteiger partial charge is 0.302 e. The number of carbonyl (C=O) groups is 2. The molecule has 182 valence electrons. The summed E-state index contributed by atoms with van der Waals surface area (Å²) in [5.41, 5.74) is 1.91. The van der Waals surface area contributed by atoms with Crippen LogP contribution in [0.3, 0.4) is 0 Å². The molecular weight excluding hydrogens is 460 g/mol. The van der Waals surface area contributed by atoms with Crippen LogP contribution < -0.4 is 14.4 Å². The van der Waals surface area contributed by atoms with Gasteiger partial charge in [-0.15, -0.1) is 0 Å². The predicted octanol–water partition coefficient (Wildman–Crippen LogP) is 4.38. The highest BCUT2D eigenvalue weighted by Gasteiger charge is 2.49. The van der Waals surface area contributed by atoms with Crippen LogP contribution >= 0.6 is 0 Å². The van der Waals surface area contributed by atoms with Crippen LogP contribution in [-0.2, 0) is 9.59 Å². The van der Waals surface area contributed by atoms with Gasteiger partial charge >= 0.3 is 5.91 Å². The van der Waals surface area contributed by atoms with Crippen LogP contribution in [0.1, 0.15) is 31.1 Å². The molecule has 4 aromatic rings. The van der Waals surface area contributed by atoms with Crippen molar-refractivity contribution in [3.63, 3.8) is 0 Å². The number of para-hydroxylation sites is 2. The lowest BCUT2D eigenvalue weighted by Gasteiger charge is -2.22. The maximum atomic E-state index is 13.4. The Morgan fingerprint density at radius 2 is 1.81 bits per heavy atom. The van der Waals surface area contributed by atoms with Crippen LogP contribution in [-0.4, -0.2) is 45.0 Å². The molecule has 5 rings (SSSR count). The Morgan fingerprint density at radius 3 is 2.53 bits per heavy atom. The third-order valence-corrected chi connectivity index (χ3v) is 5.84. The van der Waals surface area contributed by atoms with Crippen molar-refractivity contribution in [3.05, 3.63) is 83.7 Å². The van der Waals surface area contributed by atoms with Gasteiger partial charge in [0, 0.05) is 12.3 Å². The highest BCUT2D eigenvalue weighted by Crippen LogP contribution is 2.42. The molecular formula is C27H24N4O5. The van der Waals surface area contributed by atoms with Crippen molar-refractivity contribution in [2.45, 2.75) is 19.9 Å². The van der Waals surface area contributed by atoms with Crippen molar-refractivity contribution >= 4 is 34.4 Å². The number of hydrogen-bond donors (Lipinski definition) is 2. The molecule has 2 aromatic carbocycles. The number of ether oxygens (including phenoxy) is 2. The number of anilines is 1.